The van der Waals surface area contributed by atoms with Gasteiger partial charge in [0.25, 0.3) is 0 Å². The second kappa shape index (κ2) is 7.20. The average molecular weight is 394 g/mol. The van der Waals surface area contributed by atoms with Gasteiger partial charge in [-0.3, -0.25) is 0 Å². The summed E-state index contributed by atoms with van der Waals surface area (Å²) >= 11 is 0.985. The van der Waals surface area contributed by atoms with Crippen LogP contribution in [-0.2, 0) is 21.8 Å². The highest BCUT2D eigenvalue weighted by Crippen LogP contribution is 2.24. The number of aromatic nitrogens is 1. The Morgan fingerprint density at radius 3 is 2.85 bits per heavy atom. The molecule has 0 aliphatic carbocycles. The first-order valence-electron chi connectivity index (χ1n) is 7.72. The number of hydrogen-bond donors (Lipinski definition) is 2. The van der Waals surface area contributed by atoms with Crippen molar-refractivity contribution in [3.05, 3.63) is 52.3 Å². The minimum absolute atomic E-state index is 0.000180. The molecule has 0 radical (unpaired) electrons. The van der Waals surface area contributed by atoms with Crippen LogP contribution in [0.2, 0.25) is 0 Å². The molecule has 2 N–H and O–H groups in total. The van der Waals surface area contributed by atoms with Crippen molar-refractivity contribution in [1.82, 2.24) is 9.29 Å². The molecule has 26 heavy (non-hydrogen) atoms. The maximum Gasteiger partial charge on any atom is 0.349 e. The number of aryl methyl sites for hydroxylation is 1. The van der Waals surface area contributed by atoms with Gasteiger partial charge in [-0.1, -0.05) is 6.07 Å². The smallest absolute Gasteiger partial charge is 0.349 e. The number of hydrogen-bond acceptors (Lipinski definition) is 6. The summed E-state index contributed by atoms with van der Waals surface area (Å²) in [5, 5.41) is 12.8. The number of fused-ring (bicyclic) bond motifs is 1. The van der Waals surface area contributed by atoms with E-state index in [1.165, 1.54) is 18.6 Å². The van der Waals surface area contributed by atoms with Crippen LogP contribution in [0.25, 0.3) is 10.9 Å². The Morgan fingerprint density at radius 1 is 1.35 bits per heavy atom. The van der Waals surface area contributed by atoms with Crippen LogP contribution < -0.4 is 4.72 Å². The van der Waals surface area contributed by atoms with Crippen molar-refractivity contribution in [2.75, 3.05) is 13.7 Å². The molecule has 1 atom stereocenters. The highest BCUT2D eigenvalue weighted by atomic mass is 32.2. The zero-order chi connectivity index (χ0) is 18.9. The summed E-state index contributed by atoms with van der Waals surface area (Å²) in [5.41, 5.74) is 1.62. The number of nitrogens with one attached hydrogen (secondary N) is 1. The van der Waals surface area contributed by atoms with Gasteiger partial charge in [-0.15, -0.1) is 11.3 Å². The SMILES string of the molecule is COC(=O)c1sccc1S(=O)(=O)NCC(O)c1ccc2c(ccn2C)c1. The van der Waals surface area contributed by atoms with Gasteiger partial charge in [0.05, 0.1) is 13.2 Å². The highest BCUT2D eigenvalue weighted by Gasteiger charge is 2.25. The van der Waals surface area contributed by atoms with Gasteiger partial charge in [0.15, 0.2) is 0 Å². The van der Waals surface area contributed by atoms with E-state index in [1.54, 1.807) is 6.07 Å². The molecule has 1 unspecified atom stereocenters. The van der Waals surface area contributed by atoms with Crippen molar-refractivity contribution < 1.29 is 23.1 Å². The zero-order valence-electron chi connectivity index (χ0n) is 14.2. The molecule has 138 valence electrons. The number of methoxy groups -OCH3 is 1. The van der Waals surface area contributed by atoms with Gasteiger partial charge in [0, 0.05) is 25.3 Å². The normalized spacial score (nSPS) is 13.0. The van der Waals surface area contributed by atoms with Gasteiger partial charge in [0.2, 0.25) is 10.0 Å². The number of esters is 1. The van der Waals surface area contributed by atoms with E-state index in [0.29, 0.717) is 5.56 Å². The molecule has 9 heteroatoms. The maximum atomic E-state index is 12.5. The van der Waals surface area contributed by atoms with E-state index in [1.807, 2.05) is 36.0 Å². The van der Waals surface area contributed by atoms with Crippen molar-refractivity contribution in [3.63, 3.8) is 0 Å². The molecule has 2 heterocycles. The largest absolute Gasteiger partial charge is 0.465 e. The number of aliphatic hydroxyl groups excluding tert-OH is 1. The lowest BCUT2D eigenvalue weighted by Gasteiger charge is -2.13. The molecule has 3 aromatic rings. The number of aliphatic hydroxyl groups is 1. The van der Waals surface area contributed by atoms with Crippen molar-refractivity contribution in [2.24, 2.45) is 7.05 Å². The number of rotatable bonds is 6. The fourth-order valence-electron chi connectivity index (χ4n) is 2.64. The van der Waals surface area contributed by atoms with E-state index in [4.69, 9.17) is 0 Å². The first-order chi connectivity index (χ1) is 12.3. The summed E-state index contributed by atoms with van der Waals surface area (Å²) in [6.07, 6.45) is 0.892. The molecule has 0 spiro atoms. The first kappa shape index (κ1) is 18.6. The molecule has 0 saturated carbocycles. The van der Waals surface area contributed by atoms with E-state index in [0.717, 1.165) is 22.2 Å². The van der Waals surface area contributed by atoms with E-state index < -0.39 is 22.1 Å². The van der Waals surface area contributed by atoms with Crippen LogP contribution in [-0.4, -0.2) is 37.7 Å². The third-order valence-electron chi connectivity index (χ3n) is 4.05. The Bertz CT molecular complexity index is 1050. The summed E-state index contributed by atoms with van der Waals surface area (Å²) in [6, 6.07) is 8.70. The third kappa shape index (κ3) is 3.51. The Balaban J connectivity index is 1.76. The number of nitrogens with zero attached hydrogens (tertiary/aromatic N) is 1. The minimum Gasteiger partial charge on any atom is -0.465 e. The van der Waals surface area contributed by atoms with Crippen LogP contribution >= 0.6 is 11.3 Å². The van der Waals surface area contributed by atoms with Gasteiger partial charge in [-0.05, 0) is 40.6 Å². The zero-order valence-corrected chi connectivity index (χ0v) is 15.8. The maximum absolute atomic E-state index is 12.5. The van der Waals surface area contributed by atoms with E-state index >= 15 is 0 Å². The van der Waals surface area contributed by atoms with Gasteiger partial charge < -0.3 is 14.4 Å². The number of ether oxygens (including phenoxy) is 1. The summed E-state index contributed by atoms with van der Waals surface area (Å²) in [7, 11) is -0.836. The van der Waals surface area contributed by atoms with E-state index in [-0.39, 0.29) is 16.3 Å². The molecule has 0 aliphatic heterocycles. The quantitative estimate of drug-likeness (QED) is 0.624. The van der Waals surface area contributed by atoms with Gasteiger partial charge in [-0.25, -0.2) is 17.9 Å². The highest BCUT2D eigenvalue weighted by molar-refractivity contribution is 7.89. The summed E-state index contributed by atoms with van der Waals surface area (Å²) in [6.45, 7) is -0.211. The van der Waals surface area contributed by atoms with Crippen LogP contribution in [0.15, 0.2) is 46.8 Å². The summed E-state index contributed by atoms with van der Waals surface area (Å²) in [5.74, 6) is -0.713. The molecule has 3 rings (SSSR count). The molecule has 2 aromatic heterocycles. The Morgan fingerprint density at radius 2 is 2.12 bits per heavy atom. The fourth-order valence-corrected chi connectivity index (χ4v) is 5.01. The average Bonchev–Trinajstić information content (AvgIpc) is 3.26. The van der Waals surface area contributed by atoms with Gasteiger partial charge >= 0.3 is 5.97 Å². The monoisotopic (exact) mass is 394 g/mol. The molecule has 1 aromatic carbocycles. The van der Waals surface area contributed by atoms with Crippen LogP contribution in [0.4, 0.5) is 0 Å². The molecule has 0 saturated heterocycles. The van der Waals surface area contributed by atoms with Gasteiger partial charge in [-0.2, -0.15) is 0 Å². The summed E-state index contributed by atoms with van der Waals surface area (Å²) in [4.78, 5) is 11.5. The van der Waals surface area contributed by atoms with Crippen molar-refractivity contribution in [3.8, 4) is 0 Å². The molecule has 7 nitrogen and oxygen atoms in total. The van der Waals surface area contributed by atoms with Crippen molar-refractivity contribution in [2.45, 2.75) is 11.0 Å². The van der Waals surface area contributed by atoms with Crippen LogP contribution in [0.1, 0.15) is 21.3 Å². The van der Waals surface area contributed by atoms with Crippen LogP contribution in [0.5, 0.6) is 0 Å². The van der Waals surface area contributed by atoms with Gasteiger partial charge in [0.1, 0.15) is 9.77 Å². The Labute approximate surface area is 154 Å². The molecular formula is C17H18N2O5S2. The van der Waals surface area contributed by atoms with Crippen LogP contribution in [0, 0.1) is 0 Å². The molecule has 0 amide bonds. The van der Waals surface area contributed by atoms with Crippen LogP contribution in [0.3, 0.4) is 0 Å². The first-order valence-corrected chi connectivity index (χ1v) is 10.1. The fraction of sp³-hybridized carbons (Fsp3) is 0.235. The number of thiophene rings is 1. The van der Waals surface area contributed by atoms with Crippen molar-refractivity contribution in [1.29, 1.82) is 0 Å². The Hall–Kier alpha value is -2.20. The van der Waals surface area contributed by atoms with Crippen molar-refractivity contribution >= 4 is 38.2 Å². The lowest BCUT2D eigenvalue weighted by atomic mass is 10.1. The molecule has 0 fully saturated rings. The third-order valence-corrected chi connectivity index (χ3v) is 6.54. The lowest BCUT2D eigenvalue weighted by molar-refractivity contribution is 0.0602. The molecule has 0 bridgehead atoms. The molecular weight excluding hydrogens is 376 g/mol. The topological polar surface area (TPSA) is 97.6 Å². The van der Waals surface area contributed by atoms with E-state index in [2.05, 4.69) is 9.46 Å². The Kier molecular flexibility index (Phi) is 5.15. The van der Waals surface area contributed by atoms with E-state index in [9.17, 15) is 18.3 Å². The summed E-state index contributed by atoms with van der Waals surface area (Å²) < 4.78 is 33.8. The number of sulfonamides is 1. The lowest BCUT2D eigenvalue weighted by Crippen LogP contribution is -2.29. The number of carbonyl (C=O) groups excluding carboxylic acids is 1. The molecule has 0 aliphatic rings. The standard InChI is InChI=1S/C17H18N2O5S2/c1-19-7-5-11-9-12(3-4-13(11)19)14(20)10-18-26(22,23)15-6-8-25-16(15)17(21)24-2/h3-9,14,18,20H,10H2,1-2H3. The second-order valence-electron chi connectivity index (χ2n) is 5.72. The predicted octanol–water partition coefficient (Wildman–Crippen LogP) is 2.04. The number of benzene rings is 1. The second-order valence-corrected chi connectivity index (χ2v) is 8.37. The predicted molar refractivity (Wildman–Crippen MR) is 98.7 cm³/mol. The number of carbonyl (C=O) groups is 1. The minimum atomic E-state index is -3.95.